The van der Waals surface area contributed by atoms with E-state index in [1.807, 2.05) is 18.2 Å². The van der Waals surface area contributed by atoms with Crippen LogP contribution in [-0.4, -0.2) is 30.8 Å². The molecule has 0 bridgehead atoms. The smallest absolute Gasteiger partial charge is 0.338 e. The average molecular weight is 447 g/mol. The number of methoxy groups -OCH3 is 1. The van der Waals surface area contributed by atoms with Gasteiger partial charge in [-0.1, -0.05) is 46.3 Å². The number of hydrogen-bond acceptors (Lipinski definition) is 5. The minimum atomic E-state index is -0.813. The van der Waals surface area contributed by atoms with Gasteiger partial charge in [0.25, 0.3) is 0 Å². The van der Waals surface area contributed by atoms with Crippen LogP contribution in [0.1, 0.15) is 24.1 Å². The quantitative estimate of drug-likeness (QED) is 0.610. The van der Waals surface area contributed by atoms with Gasteiger partial charge in [-0.2, -0.15) is 0 Å². The Morgan fingerprint density at radius 2 is 1.96 bits per heavy atom. The van der Waals surface area contributed by atoms with Crippen molar-refractivity contribution in [2.45, 2.75) is 13.0 Å². The zero-order valence-electron chi connectivity index (χ0n) is 15.3. The molecule has 3 N–H and O–H groups in total. The van der Waals surface area contributed by atoms with Crippen molar-refractivity contribution in [3.05, 3.63) is 63.6 Å². The zero-order chi connectivity index (χ0) is 20.3. The van der Waals surface area contributed by atoms with Crippen molar-refractivity contribution in [3.8, 4) is 11.5 Å². The monoisotopic (exact) mass is 446 g/mol. The number of phenols is 1. The van der Waals surface area contributed by atoms with Crippen LogP contribution in [0.15, 0.2) is 52.5 Å². The summed E-state index contributed by atoms with van der Waals surface area (Å²) in [7, 11) is 1.42. The summed E-state index contributed by atoms with van der Waals surface area (Å²) in [5, 5.41) is 15.5. The van der Waals surface area contributed by atoms with Crippen molar-refractivity contribution in [1.29, 1.82) is 0 Å². The van der Waals surface area contributed by atoms with Gasteiger partial charge in [-0.15, -0.1) is 0 Å². The van der Waals surface area contributed by atoms with Gasteiger partial charge in [-0.05, 0) is 30.2 Å². The summed E-state index contributed by atoms with van der Waals surface area (Å²) in [6.07, 6.45) is 0. The topological polar surface area (TPSA) is 96.9 Å². The third-order valence-corrected chi connectivity index (χ3v) is 4.93. The number of amides is 2. The van der Waals surface area contributed by atoms with E-state index in [0.717, 1.165) is 0 Å². The van der Waals surface area contributed by atoms with Crippen LogP contribution in [0.25, 0.3) is 5.70 Å². The Kier molecular flexibility index (Phi) is 5.89. The number of phenolic OH excluding ortho intramolecular Hbond substituents is 1. The fraction of sp³-hybridized carbons (Fsp3) is 0.200. The average Bonchev–Trinajstić information content (AvgIpc) is 2.68. The van der Waals surface area contributed by atoms with Crippen molar-refractivity contribution in [1.82, 2.24) is 10.6 Å². The summed E-state index contributed by atoms with van der Waals surface area (Å²) in [5.41, 5.74) is 1.83. The SMILES string of the molecule is CCOC(=O)C1=C(c2ccccc2)NC(=O)N[C@@H]1c1cc(OC)c(O)cc1Br. The van der Waals surface area contributed by atoms with E-state index in [1.165, 1.54) is 13.2 Å². The molecule has 0 radical (unpaired) electrons. The minimum absolute atomic E-state index is 0.0664. The molecule has 1 atom stereocenters. The molecule has 2 aromatic rings. The first kappa shape index (κ1) is 19.8. The molecule has 1 aliphatic heterocycles. The number of rotatable bonds is 5. The van der Waals surface area contributed by atoms with Gasteiger partial charge in [0, 0.05) is 4.47 Å². The van der Waals surface area contributed by atoms with Gasteiger partial charge in [0.2, 0.25) is 0 Å². The third-order valence-electron chi connectivity index (χ3n) is 4.24. The third kappa shape index (κ3) is 3.82. The van der Waals surface area contributed by atoms with Gasteiger partial charge in [0.15, 0.2) is 11.5 Å². The number of hydrogen-bond donors (Lipinski definition) is 3. The van der Waals surface area contributed by atoms with Crippen molar-refractivity contribution in [2.75, 3.05) is 13.7 Å². The molecule has 1 aliphatic rings. The normalized spacial score (nSPS) is 16.2. The van der Waals surface area contributed by atoms with E-state index in [9.17, 15) is 14.7 Å². The second-order valence-electron chi connectivity index (χ2n) is 5.95. The first-order valence-corrected chi connectivity index (χ1v) is 9.36. The number of halogens is 1. The summed E-state index contributed by atoms with van der Waals surface area (Å²) in [6.45, 7) is 1.90. The summed E-state index contributed by atoms with van der Waals surface area (Å²) in [5.74, 6) is -0.406. The van der Waals surface area contributed by atoms with E-state index >= 15 is 0 Å². The van der Waals surface area contributed by atoms with E-state index in [0.29, 0.717) is 21.3 Å². The molecular weight excluding hydrogens is 428 g/mol. The molecule has 0 saturated heterocycles. The van der Waals surface area contributed by atoms with Crippen LogP contribution in [0, 0.1) is 0 Å². The first-order valence-electron chi connectivity index (χ1n) is 8.56. The largest absolute Gasteiger partial charge is 0.504 e. The predicted octanol–water partition coefficient (Wildman–Crippen LogP) is 3.49. The van der Waals surface area contributed by atoms with Crippen LogP contribution < -0.4 is 15.4 Å². The predicted molar refractivity (Wildman–Crippen MR) is 107 cm³/mol. The summed E-state index contributed by atoms with van der Waals surface area (Å²) >= 11 is 3.40. The highest BCUT2D eigenvalue weighted by molar-refractivity contribution is 9.10. The van der Waals surface area contributed by atoms with Crippen LogP contribution >= 0.6 is 15.9 Å². The van der Waals surface area contributed by atoms with Crippen LogP contribution in [0.5, 0.6) is 11.5 Å². The van der Waals surface area contributed by atoms with Crippen LogP contribution in [0.3, 0.4) is 0 Å². The van der Waals surface area contributed by atoms with Gasteiger partial charge in [0.1, 0.15) is 0 Å². The van der Waals surface area contributed by atoms with Crippen LogP contribution in [0.4, 0.5) is 4.79 Å². The molecule has 0 unspecified atom stereocenters. The van der Waals surface area contributed by atoms with Crippen molar-refractivity contribution in [2.24, 2.45) is 0 Å². The lowest BCUT2D eigenvalue weighted by Gasteiger charge is -2.30. The van der Waals surface area contributed by atoms with Gasteiger partial charge >= 0.3 is 12.0 Å². The lowest BCUT2D eigenvalue weighted by atomic mass is 9.92. The Bertz CT molecular complexity index is 943. The number of aromatic hydroxyl groups is 1. The van der Waals surface area contributed by atoms with E-state index in [2.05, 4.69) is 26.6 Å². The molecule has 3 rings (SSSR count). The van der Waals surface area contributed by atoms with E-state index < -0.39 is 18.0 Å². The number of ether oxygens (including phenoxy) is 2. The highest BCUT2D eigenvalue weighted by Gasteiger charge is 2.35. The van der Waals surface area contributed by atoms with Gasteiger partial charge in [0.05, 0.1) is 31.0 Å². The number of nitrogens with one attached hydrogen (secondary N) is 2. The molecule has 2 aromatic carbocycles. The van der Waals surface area contributed by atoms with Crippen molar-refractivity contribution < 1.29 is 24.2 Å². The van der Waals surface area contributed by atoms with Gasteiger partial charge in [-0.25, -0.2) is 9.59 Å². The molecular formula is C20H19BrN2O5. The molecule has 28 heavy (non-hydrogen) atoms. The summed E-state index contributed by atoms with van der Waals surface area (Å²) in [4.78, 5) is 25.2. The maximum absolute atomic E-state index is 12.8. The molecule has 0 aliphatic carbocycles. The lowest BCUT2D eigenvalue weighted by Crippen LogP contribution is -2.45. The van der Waals surface area contributed by atoms with E-state index in [-0.39, 0.29) is 23.7 Å². The standard InChI is InChI=1S/C20H19BrN2O5/c1-3-28-19(25)16-17(11-7-5-4-6-8-11)22-20(26)23-18(16)12-9-15(27-2)14(24)10-13(12)21/h4-10,18,24H,3H2,1-2H3,(H2,22,23,26)/t18-/m1/s1. The molecule has 7 nitrogen and oxygen atoms in total. The Hall–Kier alpha value is -3.00. The lowest BCUT2D eigenvalue weighted by molar-refractivity contribution is -0.138. The number of urea groups is 1. The highest BCUT2D eigenvalue weighted by atomic mass is 79.9. The fourth-order valence-electron chi connectivity index (χ4n) is 3.00. The molecule has 0 saturated carbocycles. The molecule has 8 heteroatoms. The zero-order valence-corrected chi connectivity index (χ0v) is 16.9. The second kappa shape index (κ2) is 8.35. The Morgan fingerprint density at radius 1 is 1.25 bits per heavy atom. The van der Waals surface area contributed by atoms with Crippen LogP contribution in [-0.2, 0) is 9.53 Å². The maximum Gasteiger partial charge on any atom is 0.338 e. The molecule has 0 fully saturated rings. The Morgan fingerprint density at radius 3 is 2.61 bits per heavy atom. The summed E-state index contributed by atoms with van der Waals surface area (Å²) in [6, 6.07) is 10.8. The maximum atomic E-state index is 12.8. The van der Waals surface area contributed by atoms with Gasteiger partial charge in [-0.3, -0.25) is 0 Å². The first-order chi connectivity index (χ1) is 13.5. The number of carbonyl (C=O) groups excluding carboxylic acids is 2. The number of esters is 1. The molecule has 0 spiro atoms. The second-order valence-corrected chi connectivity index (χ2v) is 6.81. The molecule has 0 aromatic heterocycles. The van der Waals surface area contributed by atoms with E-state index in [1.54, 1.807) is 25.1 Å². The highest BCUT2D eigenvalue weighted by Crippen LogP contribution is 2.40. The number of benzene rings is 2. The van der Waals surface area contributed by atoms with Crippen LogP contribution in [0.2, 0.25) is 0 Å². The molecule has 146 valence electrons. The summed E-state index contributed by atoms with van der Waals surface area (Å²) < 4.78 is 10.9. The van der Waals surface area contributed by atoms with Crippen molar-refractivity contribution in [3.63, 3.8) is 0 Å². The van der Waals surface area contributed by atoms with E-state index in [4.69, 9.17) is 9.47 Å². The Labute approximate surface area is 170 Å². The number of carbonyl (C=O) groups is 2. The minimum Gasteiger partial charge on any atom is -0.504 e. The fourth-order valence-corrected chi connectivity index (χ4v) is 3.56. The van der Waals surface area contributed by atoms with Gasteiger partial charge < -0.3 is 25.2 Å². The molecule has 1 heterocycles. The van der Waals surface area contributed by atoms with Crippen molar-refractivity contribution >= 4 is 33.6 Å². The molecule has 2 amide bonds. The Balaban J connectivity index is 2.23.